The van der Waals surface area contributed by atoms with E-state index in [0.717, 1.165) is 31.1 Å². The van der Waals surface area contributed by atoms with Gasteiger partial charge in [0.05, 0.1) is 5.69 Å². The van der Waals surface area contributed by atoms with Gasteiger partial charge in [0, 0.05) is 23.8 Å². The molecule has 1 fully saturated rings. The molecular formula is C16H21BrN4. The fraction of sp³-hybridized carbons (Fsp3) is 0.500. The zero-order valence-electron chi connectivity index (χ0n) is 12.3. The van der Waals surface area contributed by atoms with Crippen molar-refractivity contribution in [2.75, 3.05) is 6.54 Å². The van der Waals surface area contributed by atoms with Crippen LogP contribution in [0.25, 0.3) is 0 Å². The monoisotopic (exact) mass is 348 g/mol. The van der Waals surface area contributed by atoms with Crippen LogP contribution >= 0.6 is 15.9 Å². The lowest BCUT2D eigenvalue weighted by Gasteiger charge is -2.17. The minimum absolute atomic E-state index is 0.543. The van der Waals surface area contributed by atoms with E-state index >= 15 is 0 Å². The second kappa shape index (κ2) is 6.71. The van der Waals surface area contributed by atoms with E-state index in [1.54, 1.807) is 4.68 Å². The van der Waals surface area contributed by atoms with E-state index in [0.29, 0.717) is 5.92 Å². The number of hydrogen-bond donors (Lipinski definition) is 1. The first-order chi connectivity index (χ1) is 10.2. The predicted molar refractivity (Wildman–Crippen MR) is 87.1 cm³/mol. The van der Waals surface area contributed by atoms with Crippen LogP contribution in [0.1, 0.15) is 24.1 Å². The molecule has 4 nitrogen and oxygen atoms in total. The molecule has 0 radical (unpaired) electrons. The molecule has 1 aliphatic rings. The number of rotatable bonds is 7. The SMILES string of the molecule is Cn1cc(CC(CNC2CC2)Cc2ccccc2Br)nn1. The quantitative estimate of drug-likeness (QED) is 0.836. The zero-order valence-corrected chi connectivity index (χ0v) is 13.9. The predicted octanol–water partition coefficient (Wildman–Crippen LogP) is 2.73. The highest BCUT2D eigenvalue weighted by atomic mass is 79.9. The third kappa shape index (κ3) is 4.38. The van der Waals surface area contributed by atoms with E-state index in [-0.39, 0.29) is 0 Å². The van der Waals surface area contributed by atoms with Gasteiger partial charge >= 0.3 is 0 Å². The smallest absolute Gasteiger partial charge is 0.0830 e. The summed E-state index contributed by atoms with van der Waals surface area (Å²) in [5, 5.41) is 11.9. The van der Waals surface area contributed by atoms with Gasteiger partial charge in [-0.15, -0.1) is 5.10 Å². The number of nitrogens with zero attached hydrogens (tertiary/aromatic N) is 3. The molecule has 1 heterocycles. The van der Waals surface area contributed by atoms with Crippen LogP contribution in [0.2, 0.25) is 0 Å². The van der Waals surface area contributed by atoms with Crippen LogP contribution in [0.15, 0.2) is 34.9 Å². The molecule has 1 aliphatic carbocycles. The number of halogens is 1. The topological polar surface area (TPSA) is 42.7 Å². The van der Waals surface area contributed by atoms with Crippen molar-refractivity contribution in [3.05, 3.63) is 46.2 Å². The van der Waals surface area contributed by atoms with Crippen LogP contribution in [0.5, 0.6) is 0 Å². The summed E-state index contributed by atoms with van der Waals surface area (Å²) >= 11 is 3.65. The van der Waals surface area contributed by atoms with E-state index in [4.69, 9.17) is 0 Å². The van der Waals surface area contributed by atoms with Crippen LogP contribution in [-0.4, -0.2) is 27.6 Å². The van der Waals surface area contributed by atoms with E-state index in [1.165, 1.54) is 22.9 Å². The van der Waals surface area contributed by atoms with Gasteiger partial charge in [0.2, 0.25) is 0 Å². The molecule has 2 aromatic rings. The number of aryl methyl sites for hydroxylation is 1. The maximum atomic E-state index is 4.24. The highest BCUT2D eigenvalue weighted by Crippen LogP contribution is 2.23. The molecule has 0 spiro atoms. The molecule has 1 unspecified atom stereocenters. The third-order valence-electron chi connectivity index (χ3n) is 3.89. The number of hydrogen-bond acceptors (Lipinski definition) is 3. The summed E-state index contributed by atoms with van der Waals surface area (Å²) in [7, 11) is 1.92. The number of nitrogens with one attached hydrogen (secondary N) is 1. The first kappa shape index (κ1) is 14.7. The second-order valence-corrected chi connectivity index (χ2v) is 6.79. The molecule has 1 N–H and O–H groups in total. The van der Waals surface area contributed by atoms with Crippen LogP contribution < -0.4 is 5.32 Å². The Hall–Kier alpha value is -1.20. The first-order valence-corrected chi connectivity index (χ1v) is 8.32. The molecule has 1 aromatic carbocycles. The van der Waals surface area contributed by atoms with Crippen molar-refractivity contribution in [3.63, 3.8) is 0 Å². The molecule has 0 amide bonds. The molecule has 5 heteroatoms. The zero-order chi connectivity index (χ0) is 14.7. The fourth-order valence-corrected chi connectivity index (χ4v) is 3.04. The third-order valence-corrected chi connectivity index (χ3v) is 4.66. The maximum Gasteiger partial charge on any atom is 0.0830 e. The Balaban J connectivity index is 1.67. The van der Waals surface area contributed by atoms with Crippen molar-refractivity contribution < 1.29 is 0 Å². The van der Waals surface area contributed by atoms with Crippen LogP contribution in [0, 0.1) is 5.92 Å². The van der Waals surface area contributed by atoms with Crippen molar-refractivity contribution in [3.8, 4) is 0 Å². The lowest BCUT2D eigenvalue weighted by Crippen LogP contribution is -2.27. The summed E-state index contributed by atoms with van der Waals surface area (Å²) in [5.41, 5.74) is 2.44. The minimum atomic E-state index is 0.543. The average Bonchev–Trinajstić information content (AvgIpc) is 3.21. The number of aromatic nitrogens is 3. The Kier molecular flexibility index (Phi) is 4.70. The largest absolute Gasteiger partial charge is 0.314 e. The van der Waals surface area contributed by atoms with Gasteiger partial charge in [-0.3, -0.25) is 4.68 Å². The summed E-state index contributed by atoms with van der Waals surface area (Å²) in [6.45, 7) is 1.04. The Labute approximate surface area is 134 Å². The highest BCUT2D eigenvalue weighted by molar-refractivity contribution is 9.10. The molecule has 3 rings (SSSR count). The summed E-state index contributed by atoms with van der Waals surface area (Å²) in [5.74, 6) is 0.543. The lowest BCUT2D eigenvalue weighted by molar-refractivity contribution is 0.464. The standard InChI is InChI=1S/C16H21BrN4/c1-21-11-15(19-20-21)9-12(10-18-14-6-7-14)8-13-4-2-3-5-16(13)17/h2-5,11-12,14,18H,6-10H2,1H3. The second-order valence-electron chi connectivity index (χ2n) is 5.93. The van der Waals surface area contributed by atoms with Gasteiger partial charge in [0.25, 0.3) is 0 Å². The average molecular weight is 349 g/mol. The van der Waals surface area contributed by atoms with Crippen molar-refractivity contribution in [1.29, 1.82) is 0 Å². The molecule has 112 valence electrons. The van der Waals surface area contributed by atoms with Crippen molar-refractivity contribution in [2.45, 2.75) is 31.7 Å². The van der Waals surface area contributed by atoms with Crippen LogP contribution in [0.3, 0.4) is 0 Å². The van der Waals surface area contributed by atoms with Gasteiger partial charge in [-0.05, 0) is 49.8 Å². The molecule has 0 aliphatic heterocycles. The summed E-state index contributed by atoms with van der Waals surface area (Å²) < 4.78 is 2.97. The highest BCUT2D eigenvalue weighted by Gasteiger charge is 2.22. The van der Waals surface area contributed by atoms with E-state index in [1.807, 2.05) is 13.2 Å². The molecule has 1 saturated carbocycles. The number of benzene rings is 1. The van der Waals surface area contributed by atoms with Gasteiger partial charge in [0.15, 0.2) is 0 Å². The normalized spacial score (nSPS) is 16.1. The molecular weight excluding hydrogens is 328 g/mol. The van der Waals surface area contributed by atoms with Crippen molar-refractivity contribution in [2.24, 2.45) is 13.0 Å². The van der Waals surface area contributed by atoms with E-state index in [2.05, 4.69) is 55.8 Å². The van der Waals surface area contributed by atoms with Gasteiger partial charge in [-0.1, -0.05) is 39.3 Å². The summed E-state index contributed by atoms with van der Waals surface area (Å²) in [6.07, 6.45) is 6.69. The van der Waals surface area contributed by atoms with Gasteiger partial charge < -0.3 is 5.32 Å². The van der Waals surface area contributed by atoms with Gasteiger partial charge in [-0.2, -0.15) is 0 Å². The Morgan fingerprint density at radius 1 is 1.33 bits per heavy atom. The van der Waals surface area contributed by atoms with Gasteiger partial charge in [-0.25, -0.2) is 0 Å². The van der Waals surface area contributed by atoms with Crippen LogP contribution in [-0.2, 0) is 19.9 Å². The van der Waals surface area contributed by atoms with E-state index < -0.39 is 0 Å². The molecule has 0 bridgehead atoms. The van der Waals surface area contributed by atoms with Gasteiger partial charge in [0.1, 0.15) is 0 Å². The van der Waals surface area contributed by atoms with E-state index in [9.17, 15) is 0 Å². The minimum Gasteiger partial charge on any atom is -0.314 e. The maximum absolute atomic E-state index is 4.24. The molecule has 21 heavy (non-hydrogen) atoms. The van der Waals surface area contributed by atoms with Crippen molar-refractivity contribution in [1.82, 2.24) is 20.3 Å². The first-order valence-electron chi connectivity index (χ1n) is 7.52. The summed E-state index contributed by atoms with van der Waals surface area (Å²) in [4.78, 5) is 0. The Morgan fingerprint density at radius 3 is 2.81 bits per heavy atom. The molecule has 0 saturated heterocycles. The fourth-order valence-electron chi connectivity index (χ4n) is 2.60. The lowest BCUT2D eigenvalue weighted by atomic mass is 9.95. The molecule has 1 aromatic heterocycles. The van der Waals surface area contributed by atoms with Crippen LogP contribution in [0.4, 0.5) is 0 Å². The Bertz CT molecular complexity index is 591. The summed E-state index contributed by atoms with van der Waals surface area (Å²) in [6, 6.07) is 9.23. The Morgan fingerprint density at radius 2 is 2.14 bits per heavy atom. The molecule has 1 atom stereocenters. The van der Waals surface area contributed by atoms with Crippen molar-refractivity contribution >= 4 is 15.9 Å².